The van der Waals surface area contributed by atoms with E-state index < -0.39 is 0 Å². The standard InChI is InChI=1S/C10H15IN2O/c1-10(7-11)4-3-8(14-10)9-12-5-6-13(9)2/h5-6,8H,3-4,7H2,1-2H3. The molecule has 0 aromatic carbocycles. The molecule has 0 radical (unpaired) electrons. The molecule has 78 valence electrons. The van der Waals surface area contributed by atoms with Crippen LogP contribution in [0.4, 0.5) is 0 Å². The molecule has 1 aliphatic rings. The molecule has 0 amide bonds. The Morgan fingerprint density at radius 3 is 3.07 bits per heavy atom. The third kappa shape index (κ3) is 1.82. The average molecular weight is 306 g/mol. The lowest BCUT2D eigenvalue weighted by molar-refractivity contribution is -0.0157. The van der Waals surface area contributed by atoms with Crippen molar-refractivity contribution in [3.05, 3.63) is 18.2 Å². The molecule has 0 spiro atoms. The number of nitrogens with zero attached hydrogens (tertiary/aromatic N) is 2. The third-order valence-electron chi connectivity index (χ3n) is 2.79. The van der Waals surface area contributed by atoms with Crippen molar-refractivity contribution in [2.75, 3.05) is 4.43 Å². The zero-order valence-electron chi connectivity index (χ0n) is 8.53. The minimum Gasteiger partial charge on any atom is -0.363 e. The first-order valence-electron chi connectivity index (χ1n) is 4.86. The van der Waals surface area contributed by atoms with Gasteiger partial charge in [0, 0.05) is 23.9 Å². The summed E-state index contributed by atoms with van der Waals surface area (Å²) in [6.07, 6.45) is 6.21. The van der Waals surface area contributed by atoms with Gasteiger partial charge < -0.3 is 9.30 Å². The lowest BCUT2D eigenvalue weighted by Crippen LogP contribution is -2.25. The first-order valence-corrected chi connectivity index (χ1v) is 6.38. The Labute approximate surface area is 98.0 Å². The molecule has 1 aromatic rings. The normalized spacial score (nSPS) is 32.4. The molecule has 0 N–H and O–H groups in total. The highest BCUT2D eigenvalue weighted by molar-refractivity contribution is 14.1. The monoisotopic (exact) mass is 306 g/mol. The molecule has 1 saturated heterocycles. The zero-order valence-corrected chi connectivity index (χ0v) is 10.7. The molecule has 4 heteroatoms. The van der Waals surface area contributed by atoms with Crippen molar-refractivity contribution >= 4 is 22.6 Å². The number of aromatic nitrogens is 2. The van der Waals surface area contributed by atoms with E-state index in [1.54, 1.807) is 0 Å². The van der Waals surface area contributed by atoms with Gasteiger partial charge in [0.05, 0.1) is 5.60 Å². The smallest absolute Gasteiger partial charge is 0.137 e. The summed E-state index contributed by atoms with van der Waals surface area (Å²) < 4.78 is 9.12. The van der Waals surface area contributed by atoms with Gasteiger partial charge in [0.2, 0.25) is 0 Å². The number of imidazole rings is 1. The second-order valence-electron chi connectivity index (χ2n) is 4.13. The van der Waals surface area contributed by atoms with Crippen LogP contribution in [0.15, 0.2) is 12.4 Å². The van der Waals surface area contributed by atoms with E-state index in [1.807, 2.05) is 24.0 Å². The Morgan fingerprint density at radius 2 is 2.57 bits per heavy atom. The fourth-order valence-electron chi connectivity index (χ4n) is 1.87. The highest BCUT2D eigenvalue weighted by Crippen LogP contribution is 2.39. The second kappa shape index (κ2) is 3.81. The topological polar surface area (TPSA) is 27.1 Å². The van der Waals surface area contributed by atoms with Gasteiger partial charge in [0.25, 0.3) is 0 Å². The van der Waals surface area contributed by atoms with Gasteiger partial charge in [-0.05, 0) is 19.8 Å². The van der Waals surface area contributed by atoms with Gasteiger partial charge in [-0.2, -0.15) is 0 Å². The number of aryl methyl sites for hydroxylation is 1. The molecule has 0 aliphatic carbocycles. The Hall–Kier alpha value is -0.100. The lowest BCUT2D eigenvalue weighted by Gasteiger charge is -2.21. The van der Waals surface area contributed by atoms with Crippen LogP contribution in [0.3, 0.4) is 0 Å². The van der Waals surface area contributed by atoms with Crippen LogP contribution in [0.2, 0.25) is 0 Å². The Kier molecular flexibility index (Phi) is 2.83. The number of ether oxygens (including phenoxy) is 1. The van der Waals surface area contributed by atoms with Gasteiger partial charge in [-0.1, -0.05) is 22.6 Å². The molecule has 1 fully saturated rings. The quantitative estimate of drug-likeness (QED) is 0.620. The Balaban J connectivity index is 2.13. The molecule has 3 nitrogen and oxygen atoms in total. The van der Waals surface area contributed by atoms with Crippen LogP contribution >= 0.6 is 22.6 Å². The van der Waals surface area contributed by atoms with E-state index in [0.717, 1.165) is 23.1 Å². The molecule has 0 saturated carbocycles. The van der Waals surface area contributed by atoms with Gasteiger partial charge in [-0.15, -0.1) is 0 Å². The van der Waals surface area contributed by atoms with Crippen LogP contribution in [0.25, 0.3) is 0 Å². The molecular weight excluding hydrogens is 291 g/mol. The van der Waals surface area contributed by atoms with Gasteiger partial charge in [-0.3, -0.25) is 0 Å². The van der Waals surface area contributed by atoms with Crippen LogP contribution in [-0.2, 0) is 11.8 Å². The fourth-order valence-corrected chi connectivity index (χ4v) is 2.43. The number of hydrogen-bond acceptors (Lipinski definition) is 2. The summed E-state index contributed by atoms with van der Waals surface area (Å²) in [6, 6.07) is 0. The molecular formula is C10H15IN2O. The van der Waals surface area contributed by atoms with E-state index in [1.165, 1.54) is 0 Å². The van der Waals surface area contributed by atoms with Crippen molar-refractivity contribution < 1.29 is 4.74 Å². The molecule has 2 rings (SSSR count). The van der Waals surface area contributed by atoms with Crippen LogP contribution in [0.5, 0.6) is 0 Å². The van der Waals surface area contributed by atoms with Crippen LogP contribution in [0.1, 0.15) is 31.7 Å². The van der Waals surface area contributed by atoms with Crippen molar-refractivity contribution in [1.82, 2.24) is 9.55 Å². The predicted molar refractivity (Wildman–Crippen MR) is 63.6 cm³/mol. The maximum Gasteiger partial charge on any atom is 0.137 e. The molecule has 0 bridgehead atoms. The minimum atomic E-state index is 0.0528. The maximum absolute atomic E-state index is 6.03. The second-order valence-corrected chi connectivity index (χ2v) is 4.89. The number of hydrogen-bond donors (Lipinski definition) is 0. The summed E-state index contributed by atoms with van der Waals surface area (Å²) in [5.74, 6) is 1.05. The molecule has 1 aromatic heterocycles. The Bertz CT molecular complexity index is 326. The number of halogens is 1. The highest BCUT2D eigenvalue weighted by atomic mass is 127. The van der Waals surface area contributed by atoms with Crippen LogP contribution in [-0.4, -0.2) is 19.6 Å². The van der Waals surface area contributed by atoms with Gasteiger partial charge in [0.1, 0.15) is 11.9 Å². The summed E-state index contributed by atoms with van der Waals surface area (Å²) >= 11 is 2.39. The van der Waals surface area contributed by atoms with Crippen molar-refractivity contribution in [2.45, 2.75) is 31.5 Å². The predicted octanol–water partition coefficient (Wildman–Crippen LogP) is 2.47. The van der Waals surface area contributed by atoms with E-state index in [9.17, 15) is 0 Å². The number of alkyl halides is 1. The SMILES string of the molecule is Cn1ccnc1C1CCC(C)(CI)O1. The maximum atomic E-state index is 6.03. The van der Waals surface area contributed by atoms with E-state index in [2.05, 4.69) is 34.5 Å². The molecule has 2 atom stereocenters. The average Bonchev–Trinajstić information content (AvgIpc) is 2.73. The lowest BCUT2D eigenvalue weighted by atomic mass is 10.1. The Morgan fingerprint density at radius 1 is 1.79 bits per heavy atom. The third-order valence-corrected chi connectivity index (χ3v) is 4.40. The molecule has 2 heterocycles. The van der Waals surface area contributed by atoms with E-state index in [-0.39, 0.29) is 11.7 Å². The summed E-state index contributed by atoms with van der Waals surface area (Å²) in [6.45, 7) is 2.18. The van der Waals surface area contributed by atoms with Crippen molar-refractivity contribution in [2.24, 2.45) is 7.05 Å². The van der Waals surface area contributed by atoms with Crippen LogP contribution in [0, 0.1) is 0 Å². The number of rotatable bonds is 2. The molecule has 2 unspecified atom stereocenters. The van der Waals surface area contributed by atoms with E-state index in [0.29, 0.717) is 0 Å². The van der Waals surface area contributed by atoms with Crippen molar-refractivity contribution in [3.8, 4) is 0 Å². The summed E-state index contributed by atoms with van der Waals surface area (Å²) in [5.41, 5.74) is 0.0528. The minimum absolute atomic E-state index is 0.0528. The zero-order chi connectivity index (χ0) is 10.2. The fraction of sp³-hybridized carbons (Fsp3) is 0.700. The highest BCUT2D eigenvalue weighted by Gasteiger charge is 2.37. The first-order chi connectivity index (χ1) is 6.64. The van der Waals surface area contributed by atoms with Gasteiger partial charge >= 0.3 is 0 Å². The van der Waals surface area contributed by atoms with E-state index >= 15 is 0 Å². The van der Waals surface area contributed by atoms with Crippen molar-refractivity contribution in [3.63, 3.8) is 0 Å². The van der Waals surface area contributed by atoms with Crippen LogP contribution < -0.4 is 0 Å². The van der Waals surface area contributed by atoms with Crippen molar-refractivity contribution in [1.29, 1.82) is 0 Å². The summed E-state index contributed by atoms with van der Waals surface area (Å²) in [4.78, 5) is 4.33. The van der Waals surface area contributed by atoms with Gasteiger partial charge in [-0.25, -0.2) is 4.98 Å². The van der Waals surface area contributed by atoms with Gasteiger partial charge in [0.15, 0.2) is 0 Å². The molecule has 14 heavy (non-hydrogen) atoms. The van der Waals surface area contributed by atoms with E-state index in [4.69, 9.17) is 4.74 Å². The molecule has 1 aliphatic heterocycles. The first kappa shape index (κ1) is 10.4. The summed E-state index contributed by atoms with van der Waals surface area (Å²) in [5, 5.41) is 0. The largest absolute Gasteiger partial charge is 0.363 e. The summed E-state index contributed by atoms with van der Waals surface area (Å²) in [7, 11) is 2.02.